The minimum absolute atomic E-state index is 0.629. The van der Waals surface area contributed by atoms with Gasteiger partial charge in [-0.05, 0) is 37.3 Å². The van der Waals surface area contributed by atoms with Crippen LogP contribution in [0.5, 0.6) is 0 Å². The fourth-order valence-electron chi connectivity index (χ4n) is 1.57. The lowest BCUT2D eigenvalue weighted by Gasteiger charge is -2.21. The van der Waals surface area contributed by atoms with Crippen LogP contribution in [0, 0.1) is 5.92 Å². The molecule has 0 bridgehead atoms. The minimum atomic E-state index is -0.629. The van der Waals surface area contributed by atoms with Gasteiger partial charge in [-0.15, -0.1) is 0 Å². The van der Waals surface area contributed by atoms with Crippen LogP contribution in [0.2, 0.25) is 0 Å². The summed E-state index contributed by atoms with van der Waals surface area (Å²) in [5.41, 5.74) is 1.68. The zero-order valence-corrected chi connectivity index (χ0v) is 9.95. The van der Waals surface area contributed by atoms with Crippen molar-refractivity contribution in [3.8, 4) is 0 Å². The van der Waals surface area contributed by atoms with Crippen LogP contribution in [0.1, 0.15) is 38.8 Å². The molecule has 0 aliphatic carbocycles. The van der Waals surface area contributed by atoms with E-state index in [1.165, 1.54) is 5.56 Å². The predicted molar refractivity (Wildman–Crippen MR) is 61.7 cm³/mol. The average Bonchev–Trinajstić information content (AvgIpc) is 2.18. The molecule has 1 aromatic rings. The van der Waals surface area contributed by atoms with Crippen LogP contribution in [0.25, 0.3) is 0 Å². The van der Waals surface area contributed by atoms with Gasteiger partial charge in [0.15, 0.2) is 0 Å². The molecule has 0 unspecified atom stereocenters. The quantitative estimate of drug-likeness (QED) is 0.605. The van der Waals surface area contributed by atoms with Crippen molar-refractivity contribution in [2.24, 2.45) is 5.92 Å². The van der Waals surface area contributed by atoms with Crippen molar-refractivity contribution in [1.29, 1.82) is 0 Å². The van der Waals surface area contributed by atoms with Crippen molar-refractivity contribution in [2.75, 3.05) is 0 Å². The first kappa shape index (κ1) is 12.2. The number of hydrogen-bond acceptors (Lipinski definition) is 2. The van der Waals surface area contributed by atoms with E-state index in [1.807, 2.05) is 26.0 Å². The molecule has 0 atom stereocenters. The second-order valence-electron chi connectivity index (χ2n) is 4.90. The molecular formula is C13H20O2. The van der Waals surface area contributed by atoms with E-state index in [-0.39, 0.29) is 0 Å². The summed E-state index contributed by atoms with van der Waals surface area (Å²) in [7, 11) is 0. The first-order valence-electron chi connectivity index (χ1n) is 5.37. The zero-order chi connectivity index (χ0) is 11.5. The molecule has 0 saturated heterocycles. The highest BCUT2D eigenvalue weighted by atomic mass is 17.1. The third-order valence-corrected chi connectivity index (χ3v) is 2.52. The Labute approximate surface area is 91.8 Å². The summed E-state index contributed by atoms with van der Waals surface area (Å²) in [5, 5.41) is 8.76. The average molecular weight is 208 g/mol. The minimum Gasteiger partial charge on any atom is -0.251 e. The van der Waals surface area contributed by atoms with Gasteiger partial charge < -0.3 is 0 Å². The van der Waals surface area contributed by atoms with E-state index in [0.717, 1.165) is 12.0 Å². The highest BCUT2D eigenvalue weighted by molar-refractivity contribution is 5.26. The Morgan fingerprint density at radius 2 is 1.73 bits per heavy atom. The van der Waals surface area contributed by atoms with Gasteiger partial charge >= 0.3 is 0 Å². The van der Waals surface area contributed by atoms with Crippen molar-refractivity contribution < 1.29 is 10.1 Å². The maximum absolute atomic E-state index is 8.76. The lowest BCUT2D eigenvalue weighted by atomic mass is 9.95. The molecular weight excluding hydrogens is 188 g/mol. The Balaban J connectivity index is 2.81. The Morgan fingerprint density at radius 1 is 1.20 bits per heavy atom. The monoisotopic (exact) mass is 208 g/mol. The fraction of sp³-hybridized carbons (Fsp3) is 0.538. The summed E-state index contributed by atoms with van der Waals surface area (Å²) in [6, 6.07) is 8.20. The van der Waals surface area contributed by atoms with Gasteiger partial charge in [0.05, 0.1) is 0 Å². The summed E-state index contributed by atoms with van der Waals surface area (Å²) in [4.78, 5) is 4.44. The zero-order valence-electron chi connectivity index (χ0n) is 9.95. The van der Waals surface area contributed by atoms with Crippen molar-refractivity contribution >= 4 is 0 Å². The van der Waals surface area contributed by atoms with Crippen LogP contribution in [0.3, 0.4) is 0 Å². The largest absolute Gasteiger partial charge is 0.251 e. The Bertz CT molecular complexity index is 299. The van der Waals surface area contributed by atoms with Crippen LogP contribution in [-0.4, -0.2) is 5.26 Å². The van der Waals surface area contributed by atoms with E-state index in [4.69, 9.17) is 5.26 Å². The van der Waals surface area contributed by atoms with Crippen molar-refractivity contribution in [2.45, 2.75) is 39.7 Å². The van der Waals surface area contributed by atoms with Crippen LogP contribution >= 0.6 is 0 Å². The molecule has 15 heavy (non-hydrogen) atoms. The van der Waals surface area contributed by atoms with Gasteiger partial charge in [-0.1, -0.05) is 38.1 Å². The smallest absolute Gasteiger partial charge is 0.123 e. The van der Waals surface area contributed by atoms with Gasteiger partial charge in [0, 0.05) is 0 Å². The van der Waals surface area contributed by atoms with Gasteiger partial charge in [-0.2, -0.15) is 0 Å². The van der Waals surface area contributed by atoms with E-state index in [0.29, 0.717) is 5.92 Å². The number of rotatable bonds is 4. The maximum Gasteiger partial charge on any atom is 0.123 e. The second-order valence-corrected chi connectivity index (χ2v) is 4.90. The molecule has 84 valence electrons. The van der Waals surface area contributed by atoms with Gasteiger partial charge in [-0.3, -0.25) is 5.26 Å². The summed E-state index contributed by atoms with van der Waals surface area (Å²) in [6.07, 6.45) is 1.08. The molecule has 1 rings (SSSR count). The standard InChI is InChI=1S/C13H20O2/c1-10(2)9-11-5-7-12(8-6-11)13(3,4)15-14/h5-8,10,14H,9H2,1-4H3. The predicted octanol–water partition coefficient (Wildman–Crippen LogP) is 3.61. The van der Waals surface area contributed by atoms with Crippen molar-refractivity contribution in [1.82, 2.24) is 0 Å². The normalized spacial score (nSPS) is 12.1. The van der Waals surface area contributed by atoms with E-state index in [9.17, 15) is 0 Å². The third kappa shape index (κ3) is 3.33. The van der Waals surface area contributed by atoms with Crippen LogP contribution in [0.15, 0.2) is 24.3 Å². The molecule has 0 aromatic heterocycles. The summed E-state index contributed by atoms with van der Waals surface area (Å²) in [6.45, 7) is 8.08. The summed E-state index contributed by atoms with van der Waals surface area (Å²) >= 11 is 0. The molecule has 0 saturated carbocycles. The first-order chi connectivity index (χ1) is 6.95. The lowest BCUT2D eigenvalue weighted by Crippen LogP contribution is -2.19. The third-order valence-electron chi connectivity index (χ3n) is 2.52. The van der Waals surface area contributed by atoms with Gasteiger partial charge in [0.2, 0.25) is 0 Å². The molecule has 1 aromatic carbocycles. The molecule has 0 spiro atoms. The van der Waals surface area contributed by atoms with E-state index >= 15 is 0 Å². The van der Waals surface area contributed by atoms with Gasteiger partial charge in [0.25, 0.3) is 0 Å². The Morgan fingerprint density at radius 3 is 2.13 bits per heavy atom. The molecule has 2 heteroatoms. The number of hydrogen-bond donors (Lipinski definition) is 1. The fourth-order valence-corrected chi connectivity index (χ4v) is 1.57. The van der Waals surface area contributed by atoms with E-state index in [1.54, 1.807) is 0 Å². The highest BCUT2D eigenvalue weighted by Gasteiger charge is 2.20. The topological polar surface area (TPSA) is 29.5 Å². The SMILES string of the molecule is CC(C)Cc1ccc(C(C)(C)OO)cc1. The van der Waals surface area contributed by atoms with Crippen molar-refractivity contribution in [3.63, 3.8) is 0 Å². The second kappa shape index (κ2) is 4.77. The van der Waals surface area contributed by atoms with E-state index in [2.05, 4.69) is 30.9 Å². The van der Waals surface area contributed by atoms with Crippen LogP contribution in [-0.2, 0) is 16.9 Å². The molecule has 0 amide bonds. The maximum atomic E-state index is 8.76. The first-order valence-corrected chi connectivity index (χ1v) is 5.37. The molecule has 0 radical (unpaired) electrons. The Hall–Kier alpha value is -0.860. The van der Waals surface area contributed by atoms with Crippen molar-refractivity contribution in [3.05, 3.63) is 35.4 Å². The van der Waals surface area contributed by atoms with Gasteiger partial charge in [0.1, 0.15) is 5.60 Å². The van der Waals surface area contributed by atoms with Crippen LogP contribution < -0.4 is 0 Å². The molecule has 0 aliphatic rings. The molecule has 0 fully saturated rings. The van der Waals surface area contributed by atoms with Gasteiger partial charge in [-0.25, -0.2) is 4.89 Å². The summed E-state index contributed by atoms with van der Waals surface area (Å²) < 4.78 is 0. The molecule has 0 aliphatic heterocycles. The molecule has 2 nitrogen and oxygen atoms in total. The lowest BCUT2D eigenvalue weighted by molar-refractivity contribution is -0.318. The molecule has 0 heterocycles. The molecule has 1 N–H and O–H groups in total. The Kier molecular flexibility index (Phi) is 3.89. The van der Waals surface area contributed by atoms with Crippen LogP contribution in [0.4, 0.5) is 0 Å². The number of benzene rings is 1. The highest BCUT2D eigenvalue weighted by Crippen LogP contribution is 2.24. The summed E-state index contributed by atoms with van der Waals surface area (Å²) in [5.74, 6) is 0.665. The van der Waals surface area contributed by atoms with E-state index < -0.39 is 5.60 Å².